The normalized spacial score (nSPS) is 10.8. The molecular weight excluding hydrogens is 557 g/mol. The lowest BCUT2D eigenvalue weighted by Crippen LogP contribution is -2.34. The third kappa shape index (κ3) is 6.09. The van der Waals surface area contributed by atoms with Gasteiger partial charge in [-0.3, -0.25) is 10.1 Å². The molecule has 4 rings (SSSR count). The highest BCUT2D eigenvalue weighted by Gasteiger charge is 2.15. The van der Waals surface area contributed by atoms with Crippen LogP contribution < -0.4 is 15.4 Å². The van der Waals surface area contributed by atoms with E-state index in [4.69, 9.17) is 21.9 Å². The lowest BCUT2D eigenvalue weighted by Gasteiger charge is -2.13. The van der Waals surface area contributed by atoms with Crippen LogP contribution in [-0.4, -0.2) is 22.6 Å². The zero-order chi connectivity index (χ0) is 24.1. The van der Waals surface area contributed by atoms with Crippen molar-refractivity contribution in [2.24, 2.45) is 5.92 Å². The summed E-state index contributed by atoms with van der Waals surface area (Å²) in [5, 5.41) is 6.85. The first-order valence-corrected chi connectivity index (χ1v) is 12.4. The highest BCUT2D eigenvalue weighted by Crippen LogP contribution is 2.27. The Balaban J connectivity index is 1.62. The molecule has 0 aliphatic carbocycles. The first kappa shape index (κ1) is 24.1. The van der Waals surface area contributed by atoms with Crippen LogP contribution >= 0.6 is 34.8 Å². The Hall–Kier alpha value is -3.04. The van der Waals surface area contributed by atoms with E-state index in [-0.39, 0.29) is 11.0 Å². The number of ether oxygens (including phenoxy) is 1. The predicted molar refractivity (Wildman–Crippen MR) is 150 cm³/mol. The van der Waals surface area contributed by atoms with Gasteiger partial charge in [0, 0.05) is 20.2 Å². The summed E-state index contributed by atoms with van der Waals surface area (Å²) in [4.78, 5) is 18.0. The van der Waals surface area contributed by atoms with Crippen molar-refractivity contribution in [3.63, 3.8) is 0 Å². The average Bonchev–Trinajstić information content (AvgIpc) is 2.83. The van der Waals surface area contributed by atoms with Crippen LogP contribution in [0.1, 0.15) is 24.2 Å². The molecule has 34 heavy (non-hydrogen) atoms. The number of halogens is 1. The second-order valence-electron chi connectivity index (χ2n) is 8.22. The standard InChI is InChI=1S/C27H24IN3O2S/c1-17(2)16-33-21-7-5-6-18(14-21)25-15-23(22-8-3-4-9-24(22)30-25)26(32)31-27(34)29-20-12-10-19(28)11-13-20/h3-15,17H,16H2,1-2H3,(H2,29,31,32,34). The molecule has 3 aromatic carbocycles. The van der Waals surface area contributed by atoms with E-state index in [2.05, 4.69) is 47.1 Å². The minimum Gasteiger partial charge on any atom is -0.493 e. The van der Waals surface area contributed by atoms with E-state index in [1.165, 1.54) is 0 Å². The van der Waals surface area contributed by atoms with Gasteiger partial charge in [-0.05, 0) is 89.3 Å². The molecule has 0 unspecified atom stereocenters. The van der Waals surface area contributed by atoms with E-state index < -0.39 is 0 Å². The fourth-order valence-corrected chi connectivity index (χ4v) is 3.96. The molecule has 0 radical (unpaired) electrons. The molecule has 1 aromatic heterocycles. The summed E-state index contributed by atoms with van der Waals surface area (Å²) in [6.07, 6.45) is 0. The van der Waals surface area contributed by atoms with Gasteiger partial charge >= 0.3 is 0 Å². The van der Waals surface area contributed by atoms with E-state index in [0.29, 0.717) is 23.8 Å². The SMILES string of the molecule is CC(C)COc1cccc(-c2cc(C(=O)NC(=S)Nc3ccc(I)cc3)c3ccccc3n2)c1. The Morgan fingerprint density at radius 1 is 1.03 bits per heavy atom. The van der Waals surface area contributed by atoms with Crippen molar-refractivity contribution in [2.75, 3.05) is 11.9 Å². The zero-order valence-electron chi connectivity index (χ0n) is 18.8. The molecule has 0 saturated heterocycles. The number of para-hydroxylation sites is 1. The number of carbonyl (C=O) groups excluding carboxylic acids is 1. The molecule has 2 N–H and O–H groups in total. The highest BCUT2D eigenvalue weighted by atomic mass is 127. The van der Waals surface area contributed by atoms with Crippen LogP contribution in [0.5, 0.6) is 5.75 Å². The Kier molecular flexibility index (Phi) is 7.74. The summed E-state index contributed by atoms with van der Waals surface area (Å²) < 4.78 is 7.00. The maximum atomic E-state index is 13.2. The topological polar surface area (TPSA) is 63.2 Å². The molecule has 0 spiro atoms. The fraction of sp³-hybridized carbons (Fsp3) is 0.148. The predicted octanol–water partition coefficient (Wildman–Crippen LogP) is 6.67. The van der Waals surface area contributed by atoms with Crippen LogP contribution in [0.4, 0.5) is 5.69 Å². The summed E-state index contributed by atoms with van der Waals surface area (Å²) in [6, 6.07) is 24.9. The molecule has 1 amide bonds. The summed E-state index contributed by atoms with van der Waals surface area (Å²) in [6.45, 7) is 4.85. The number of pyridine rings is 1. The number of fused-ring (bicyclic) bond motifs is 1. The number of nitrogens with zero attached hydrogens (tertiary/aromatic N) is 1. The minimum absolute atomic E-state index is 0.234. The minimum atomic E-state index is -0.296. The molecule has 4 aromatic rings. The molecule has 5 nitrogen and oxygen atoms in total. The van der Waals surface area contributed by atoms with Gasteiger partial charge < -0.3 is 10.1 Å². The molecule has 7 heteroatoms. The summed E-state index contributed by atoms with van der Waals surface area (Å²) >= 11 is 7.62. The Labute approximate surface area is 218 Å². The number of aromatic nitrogens is 1. The van der Waals surface area contributed by atoms with E-state index in [1.54, 1.807) is 6.07 Å². The Morgan fingerprint density at radius 2 is 1.79 bits per heavy atom. The largest absolute Gasteiger partial charge is 0.493 e. The van der Waals surface area contributed by atoms with Crippen LogP contribution in [0.2, 0.25) is 0 Å². The van der Waals surface area contributed by atoms with Crippen molar-refractivity contribution in [1.82, 2.24) is 10.3 Å². The Morgan fingerprint density at radius 3 is 2.56 bits per heavy atom. The van der Waals surface area contributed by atoms with Gasteiger partial charge in [-0.1, -0.05) is 44.2 Å². The number of nitrogens with one attached hydrogen (secondary N) is 2. The molecule has 1 heterocycles. The van der Waals surface area contributed by atoms with E-state index in [0.717, 1.165) is 31.5 Å². The summed E-state index contributed by atoms with van der Waals surface area (Å²) in [5.41, 5.74) is 3.61. The number of rotatable bonds is 6. The molecule has 0 aliphatic heterocycles. The molecule has 0 aliphatic rings. The number of hydrogen-bond acceptors (Lipinski definition) is 4. The van der Waals surface area contributed by atoms with Gasteiger partial charge in [0.25, 0.3) is 5.91 Å². The van der Waals surface area contributed by atoms with Crippen molar-refractivity contribution < 1.29 is 9.53 Å². The van der Waals surface area contributed by atoms with Gasteiger partial charge in [0.05, 0.1) is 23.4 Å². The highest BCUT2D eigenvalue weighted by molar-refractivity contribution is 14.1. The summed E-state index contributed by atoms with van der Waals surface area (Å²) in [7, 11) is 0. The molecule has 0 saturated carbocycles. The number of anilines is 1. The van der Waals surface area contributed by atoms with Crippen LogP contribution in [0.25, 0.3) is 22.2 Å². The maximum Gasteiger partial charge on any atom is 0.258 e. The monoisotopic (exact) mass is 581 g/mol. The number of amides is 1. The quantitative estimate of drug-likeness (QED) is 0.197. The van der Waals surface area contributed by atoms with Crippen LogP contribution in [0, 0.1) is 9.49 Å². The van der Waals surface area contributed by atoms with Crippen molar-refractivity contribution >= 4 is 62.4 Å². The van der Waals surface area contributed by atoms with Crippen LogP contribution in [-0.2, 0) is 0 Å². The number of thiocarbonyl (C=S) groups is 1. The number of carbonyl (C=O) groups is 1. The first-order valence-electron chi connectivity index (χ1n) is 10.9. The molecule has 0 bridgehead atoms. The van der Waals surface area contributed by atoms with E-state index in [9.17, 15) is 4.79 Å². The van der Waals surface area contributed by atoms with E-state index >= 15 is 0 Å². The van der Waals surface area contributed by atoms with Crippen molar-refractivity contribution in [2.45, 2.75) is 13.8 Å². The molecule has 172 valence electrons. The van der Waals surface area contributed by atoms with Gasteiger partial charge in [0.1, 0.15) is 5.75 Å². The molecule has 0 fully saturated rings. The van der Waals surface area contributed by atoms with Crippen molar-refractivity contribution in [1.29, 1.82) is 0 Å². The van der Waals surface area contributed by atoms with Gasteiger partial charge in [-0.15, -0.1) is 0 Å². The second-order valence-corrected chi connectivity index (χ2v) is 9.87. The van der Waals surface area contributed by atoms with Gasteiger partial charge in [-0.2, -0.15) is 0 Å². The summed E-state index contributed by atoms with van der Waals surface area (Å²) in [5.74, 6) is 0.903. The maximum absolute atomic E-state index is 13.2. The molecular formula is C27H24IN3O2S. The third-order valence-corrected chi connectivity index (χ3v) is 5.93. The zero-order valence-corrected chi connectivity index (χ0v) is 21.8. The molecule has 0 atom stereocenters. The average molecular weight is 581 g/mol. The number of hydrogen-bond donors (Lipinski definition) is 2. The fourth-order valence-electron chi connectivity index (χ4n) is 3.39. The van der Waals surface area contributed by atoms with Gasteiger partial charge in [-0.25, -0.2) is 4.98 Å². The van der Waals surface area contributed by atoms with Crippen molar-refractivity contribution in [3.8, 4) is 17.0 Å². The first-order chi connectivity index (χ1) is 16.4. The smallest absolute Gasteiger partial charge is 0.258 e. The lowest BCUT2D eigenvalue weighted by molar-refractivity contribution is 0.0979. The third-order valence-electron chi connectivity index (χ3n) is 5.00. The lowest BCUT2D eigenvalue weighted by atomic mass is 10.0. The van der Waals surface area contributed by atoms with Gasteiger partial charge in [0.2, 0.25) is 0 Å². The Bertz CT molecular complexity index is 1340. The second kappa shape index (κ2) is 10.9. The number of benzene rings is 3. The van der Waals surface area contributed by atoms with Gasteiger partial charge in [0.15, 0.2) is 5.11 Å². The van der Waals surface area contributed by atoms with Crippen molar-refractivity contribution in [3.05, 3.63) is 88.0 Å². The van der Waals surface area contributed by atoms with E-state index in [1.807, 2.05) is 72.8 Å². The van der Waals surface area contributed by atoms with Crippen LogP contribution in [0.15, 0.2) is 78.9 Å². The van der Waals surface area contributed by atoms with Crippen LogP contribution in [0.3, 0.4) is 0 Å².